The third kappa shape index (κ3) is 4.99. The molecule has 0 aliphatic heterocycles. The van der Waals surface area contributed by atoms with Gasteiger partial charge in [-0.2, -0.15) is 0 Å². The van der Waals surface area contributed by atoms with Gasteiger partial charge in [-0.25, -0.2) is 4.39 Å². The van der Waals surface area contributed by atoms with Crippen LogP contribution in [0.4, 0.5) is 4.39 Å². The maximum Gasteiger partial charge on any atom is 0.123 e. The Balaban J connectivity index is 2.11. The van der Waals surface area contributed by atoms with E-state index in [2.05, 4.69) is 5.32 Å². The molecule has 0 bridgehead atoms. The van der Waals surface area contributed by atoms with Gasteiger partial charge in [0.2, 0.25) is 0 Å². The Kier molecular flexibility index (Phi) is 6.04. The van der Waals surface area contributed by atoms with Crippen molar-refractivity contribution in [2.45, 2.75) is 12.8 Å². The van der Waals surface area contributed by atoms with Crippen LogP contribution in [0.3, 0.4) is 0 Å². The lowest BCUT2D eigenvalue weighted by molar-refractivity contribution is 0.492. The van der Waals surface area contributed by atoms with Crippen LogP contribution in [0.25, 0.3) is 0 Å². The van der Waals surface area contributed by atoms with Gasteiger partial charge in [-0.05, 0) is 73.8 Å². The summed E-state index contributed by atoms with van der Waals surface area (Å²) in [6.07, 6.45) is 1.63. The highest BCUT2D eigenvalue weighted by molar-refractivity contribution is 6.31. The minimum absolute atomic E-state index is 0.246. The van der Waals surface area contributed by atoms with Gasteiger partial charge >= 0.3 is 0 Å². The smallest absolute Gasteiger partial charge is 0.123 e. The van der Waals surface area contributed by atoms with Gasteiger partial charge in [-0.1, -0.05) is 35.3 Å². The van der Waals surface area contributed by atoms with Crippen molar-refractivity contribution >= 4 is 23.2 Å². The van der Waals surface area contributed by atoms with Crippen molar-refractivity contribution in [3.63, 3.8) is 0 Å². The molecule has 4 heteroatoms. The van der Waals surface area contributed by atoms with Crippen LogP contribution in [-0.4, -0.2) is 13.6 Å². The number of hydrogen-bond donors (Lipinski definition) is 1. The van der Waals surface area contributed by atoms with E-state index in [-0.39, 0.29) is 5.82 Å². The van der Waals surface area contributed by atoms with Crippen LogP contribution in [0.5, 0.6) is 0 Å². The van der Waals surface area contributed by atoms with Gasteiger partial charge in [0, 0.05) is 10.0 Å². The zero-order valence-electron chi connectivity index (χ0n) is 11.9. The lowest BCUT2D eigenvalue weighted by Crippen LogP contribution is -2.23. The Bertz CT molecular complexity index is 584. The Hall–Kier alpha value is -1.09. The van der Waals surface area contributed by atoms with E-state index in [9.17, 15) is 4.39 Å². The maximum atomic E-state index is 13.4. The third-order valence-electron chi connectivity index (χ3n) is 3.45. The van der Waals surface area contributed by atoms with E-state index < -0.39 is 0 Å². The molecule has 2 rings (SSSR count). The normalized spacial score (nSPS) is 12.4. The Labute approximate surface area is 135 Å². The van der Waals surface area contributed by atoms with Crippen molar-refractivity contribution in [1.82, 2.24) is 5.32 Å². The number of hydrogen-bond acceptors (Lipinski definition) is 1. The highest BCUT2D eigenvalue weighted by atomic mass is 35.5. The molecule has 1 atom stereocenters. The number of benzene rings is 2. The lowest BCUT2D eigenvalue weighted by Gasteiger charge is -2.18. The zero-order chi connectivity index (χ0) is 15.2. The standard InChI is InChI=1S/C17H18Cl2FN/c1-21-11-13(8-12-2-4-15(18)5-3-12)9-14-10-16(20)6-7-17(14)19/h2-7,10,13,21H,8-9,11H2,1H3. The minimum atomic E-state index is -0.246. The van der Waals surface area contributed by atoms with Crippen molar-refractivity contribution in [2.75, 3.05) is 13.6 Å². The molecule has 0 saturated carbocycles. The number of nitrogens with one attached hydrogen (secondary N) is 1. The molecular weight excluding hydrogens is 308 g/mol. The van der Waals surface area contributed by atoms with E-state index in [0.29, 0.717) is 10.9 Å². The van der Waals surface area contributed by atoms with E-state index >= 15 is 0 Å². The van der Waals surface area contributed by atoms with Crippen molar-refractivity contribution in [3.8, 4) is 0 Å². The van der Waals surface area contributed by atoms with Crippen LogP contribution in [-0.2, 0) is 12.8 Å². The first-order chi connectivity index (χ1) is 10.1. The summed E-state index contributed by atoms with van der Waals surface area (Å²) >= 11 is 12.1. The topological polar surface area (TPSA) is 12.0 Å². The Morgan fingerprint density at radius 1 is 1.05 bits per heavy atom. The molecule has 1 N–H and O–H groups in total. The van der Waals surface area contributed by atoms with Gasteiger partial charge in [0.15, 0.2) is 0 Å². The largest absolute Gasteiger partial charge is 0.319 e. The summed E-state index contributed by atoms with van der Waals surface area (Å²) in [5.74, 6) is 0.0968. The third-order valence-corrected chi connectivity index (χ3v) is 4.07. The summed E-state index contributed by atoms with van der Waals surface area (Å²) in [5.41, 5.74) is 2.07. The first kappa shape index (κ1) is 16.3. The first-order valence-corrected chi connectivity index (χ1v) is 7.67. The fourth-order valence-electron chi connectivity index (χ4n) is 2.47. The fraction of sp³-hybridized carbons (Fsp3) is 0.294. The van der Waals surface area contributed by atoms with E-state index in [0.717, 1.165) is 30.0 Å². The average molecular weight is 326 g/mol. The lowest BCUT2D eigenvalue weighted by atomic mass is 9.92. The Morgan fingerprint density at radius 3 is 2.43 bits per heavy atom. The molecule has 0 amide bonds. The van der Waals surface area contributed by atoms with E-state index in [1.807, 2.05) is 31.3 Å². The van der Waals surface area contributed by atoms with E-state index in [1.165, 1.54) is 17.7 Å². The quantitative estimate of drug-likeness (QED) is 0.807. The maximum absolute atomic E-state index is 13.4. The Morgan fingerprint density at radius 2 is 1.76 bits per heavy atom. The zero-order valence-corrected chi connectivity index (χ0v) is 13.4. The molecule has 0 fully saturated rings. The predicted octanol–water partition coefficient (Wildman–Crippen LogP) is 4.75. The van der Waals surface area contributed by atoms with Gasteiger partial charge < -0.3 is 5.32 Å². The second kappa shape index (κ2) is 7.79. The summed E-state index contributed by atoms with van der Waals surface area (Å²) in [6, 6.07) is 12.4. The highest BCUT2D eigenvalue weighted by Crippen LogP contribution is 2.22. The summed E-state index contributed by atoms with van der Waals surface area (Å²) in [4.78, 5) is 0. The second-order valence-corrected chi connectivity index (χ2v) is 6.04. The summed E-state index contributed by atoms with van der Waals surface area (Å²) in [6.45, 7) is 0.843. The van der Waals surface area contributed by atoms with E-state index in [4.69, 9.17) is 23.2 Å². The molecule has 2 aromatic rings. The van der Waals surface area contributed by atoms with Crippen molar-refractivity contribution in [1.29, 1.82) is 0 Å². The molecular formula is C17H18Cl2FN. The molecule has 1 unspecified atom stereocenters. The predicted molar refractivity (Wildman–Crippen MR) is 87.7 cm³/mol. The molecule has 0 aliphatic carbocycles. The van der Waals surface area contributed by atoms with Crippen molar-refractivity contribution in [2.24, 2.45) is 5.92 Å². The van der Waals surface area contributed by atoms with Crippen LogP contribution in [0, 0.1) is 11.7 Å². The summed E-state index contributed by atoms with van der Waals surface area (Å²) in [7, 11) is 1.92. The monoisotopic (exact) mass is 325 g/mol. The van der Waals surface area contributed by atoms with Gasteiger partial charge in [0.1, 0.15) is 5.82 Å². The van der Waals surface area contributed by atoms with Crippen LogP contribution >= 0.6 is 23.2 Å². The SMILES string of the molecule is CNCC(Cc1ccc(Cl)cc1)Cc1cc(F)ccc1Cl. The molecule has 0 aliphatic rings. The molecule has 0 spiro atoms. The van der Waals surface area contributed by atoms with Crippen LogP contribution < -0.4 is 5.32 Å². The molecule has 21 heavy (non-hydrogen) atoms. The van der Waals surface area contributed by atoms with Gasteiger partial charge in [0.05, 0.1) is 0 Å². The number of rotatable bonds is 6. The molecule has 2 aromatic carbocycles. The molecule has 0 aromatic heterocycles. The molecule has 112 valence electrons. The van der Waals surface area contributed by atoms with Crippen molar-refractivity contribution < 1.29 is 4.39 Å². The van der Waals surface area contributed by atoms with Crippen LogP contribution in [0.15, 0.2) is 42.5 Å². The molecule has 1 nitrogen and oxygen atoms in total. The van der Waals surface area contributed by atoms with Crippen LogP contribution in [0.1, 0.15) is 11.1 Å². The minimum Gasteiger partial charge on any atom is -0.319 e. The fourth-order valence-corrected chi connectivity index (χ4v) is 2.79. The average Bonchev–Trinajstić information content (AvgIpc) is 2.45. The highest BCUT2D eigenvalue weighted by Gasteiger charge is 2.13. The van der Waals surface area contributed by atoms with E-state index in [1.54, 1.807) is 6.07 Å². The van der Waals surface area contributed by atoms with Gasteiger partial charge in [-0.3, -0.25) is 0 Å². The summed E-state index contributed by atoms with van der Waals surface area (Å²) < 4.78 is 13.4. The molecule has 0 heterocycles. The molecule has 0 radical (unpaired) electrons. The van der Waals surface area contributed by atoms with Crippen molar-refractivity contribution in [3.05, 3.63) is 69.5 Å². The van der Waals surface area contributed by atoms with Gasteiger partial charge in [0.25, 0.3) is 0 Å². The first-order valence-electron chi connectivity index (χ1n) is 6.91. The molecule has 0 saturated heterocycles. The second-order valence-electron chi connectivity index (χ2n) is 5.19. The number of halogens is 3. The van der Waals surface area contributed by atoms with Crippen LogP contribution in [0.2, 0.25) is 10.0 Å². The van der Waals surface area contributed by atoms with Gasteiger partial charge in [-0.15, -0.1) is 0 Å². The summed E-state index contributed by atoms with van der Waals surface area (Å²) in [5, 5.41) is 4.54.